The van der Waals surface area contributed by atoms with Crippen LogP contribution in [0.15, 0.2) is 0 Å². The van der Waals surface area contributed by atoms with E-state index >= 15 is 0 Å². The molecule has 82 valence electrons. The zero-order chi connectivity index (χ0) is 11.3. The molecular weight excluding hydrogens is 196 g/mol. The lowest BCUT2D eigenvalue weighted by Gasteiger charge is -2.31. The normalized spacial score (nSPS) is 25.7. The van der Waals surface area contributed by atoms with Crippen LogP contribution in [0.25, 0.3) is 0 Å². The Bertz CT molecular complexity index is 302. The summed E-state index contributed by atoms with van der Waals surface area (Å²) >= 11 is 0. The molecule has 4 nitrogen and oxygen atoms in total. The first-order chi connectivity index (χ1) is 7.17. The minimum atomic E-state index is -1.26. The van der Waals surface area contributed by atoms with Gasteiger partial charge in [0.2, 0.25) is 0 Å². The van der Waals surface area contributed by atoms with Crippen molar-refractivity contribution in [3.63, 3.8) is 0 Å². The van der Waals surface area contributed by atoms with Gasteiger partial charge in [-0.25, -0.2) is 0 Å². The summed E-state index contributed by atoms with van der Waals surface area (Å²) in [5, 5.41) is 0. The molecule has 15 heavy (non-hydrogen) atoms. The molecule has 0 radical (unpaired) electrons. The van der Waals surface area contributed by atoms with Crippen molar-refractivity contribution in [3.05, 3.63) is 0 Å². The number of terminal acetylenes is 1. The summed E-state index contributed by atoms with van der Waals surface area (Å²) in [4.78, 5) is 23.4. The Morgan fingerprint density at radius 1 is 1.73 bits per heavy atom. The van der Waals surface area contributed by atoms with Crippen molar-refractivity contribution in [2.45, 2.75) is 19.8 Å². The van der Waals surface area contributed by atoms with Crippen molar-refractivity contribution >= 4 is 11.8 Å². The number of Topliss-reactive ketones (excluding diaryl/α,β-unsaturated/α-hetero) is 1. The standard InChI is InChI=1S/C11H14O4/c1-3-6-11(10(13)15-4-2)8-14-7-5-9(11)12/h1H,4-8H2,2H3. The SMILES string of the molecule is C#CCC1(C(=O)OCC)COCCC1=O. The molecule has 4 heteroatoms. The molecule has 0 aromatic rings. The van der Waals surface area contributed by atoms with Gasteiger partial charge in [-0.1, -0.05) is 0 Å². The molecule has 0 saturated carbocycles. The summed E-state index contributed by atoms with van der Waals surface area (Å²) in [6.07, 6.45) is 5.44. The van der Waals surface area contributed by atoms with E-state index in [1.165, 1.54) is 0 Å². The van der Waals surface area contributed by atoms with Crippen molar-refractivity contribution in [1.29, 1.82) is 0 Å². The highest BCUT2D eigenvalue weighted by atomic mass is 16.5. The van der Waals surface area contributed by atoms with Crippen LogP contribution in [0.2, 0.25) is 0 Å². The summed E-state index contributed by atoms with van der Waals surface area (Å²) < 4.78 is 10.0. The van der Waals surface area contributed by atoms with Gasteiger partial charge >= 0.3 is 5.97 Å². The number of carbonyl (C=O) groups is 2. The third-order valence-corrected chi connectivity index (χ3v) is 2.43. The molecule has 1 aliphatic rings. The van der Waals surface area contributed by atoms with Crippen LogP contribution in [0.4, 0.5) is 0 Å². The van der Waals surface area contributed by atoms with Crippen LogP contribution in [0.1, 0.15) is 19.8 Å². The van der Waals surface area contributed by atoms with E-state index in [0.717, 1.165) is 0 Å². The summed E-state index contributed by atoms with van der Waals surface area (Å²) in [6.45, 7) is 2.31. The highest BCUT2D eigenvalue weighted by Gasteiger charge is 2.48. The van der Waals surface area contributed by atoms with Gasteiger partial charge in [0.25, 0.3) is 0 Å². The molecule has 0 amide bonds. The van der Waals surface area contributed by atoms with Crippen LogP contribution in [-0.4, -0.2) is 31.6 Å². The Labute approximate surface area is 88.9 Å². The van der Waals surface area contributed by atoms with Gasteiger partial charge in [0.1, 0.15) is 0 Å². The van der Waals surface area contributed by atoms with Crippen LogP contribution >= 0.6 is 0 Å². The number of rotatable bonds is 3. The summed E-state index contributed by atoms with van der Waals surface area (Å²) in [5.74, 6) is 1.61. The lowest BCUT2D eigenvalue weighted by atomic mass is 9.78. The van der Waals surface area contributed by atoms with Crippen LogP contribution in [0.5, 0.6) is 0 Å². The number of esters is 1. The molecule has 0 N–H and O–H groups in total. The second kappa shape index (κ2) is 4.94. The van der Waals surface area contributed by atoms with Crippen molar-refractivity contribution < 1.29 is 19.1 Å². The first-order valence-electron chi connectivity index (χ1n) is 4.89. The van der Waals surface area contributed by atoms with Gasteiger partial charge in [0.05, 0.1) is 19.8 Å². The van der Waals surface area contributed by atoms with Gasteiger partial charge in [-0.3, -0.25) is 9.59 Å². The number of hydrogen-bond donors (Lipinski definition) is 0. The maximum Gasteiger partial charge on any atom is 0.323 e. The molecular formula is C11H14O4. The monoisotopic (exact) mass is 210 g/mol. The lowest BCUT2D eigenvalue weighted by molar-refractivity contribution is -0.168. The predicted molar refractivity (Wildman–Crippen MR) is 53.0 cm³/mol. The molecule has 0 aromatic carbocycles. The topological polar surface area (TPSA) is 52.6 Å². The van der Waals surface area contributed by atoms with E-state index in [2.05, 4.69) is 5.92 Å². The molecule has 1 atom stereocenters. The van der Waals surface area contributed by atoms with Crippen molar-refractivity contribution in [2.75, 3.05) is 19.8 Å². The van der Waals surface area contributed by atoms with Gasteiger partial charge in [0.15, 0.2) is 11.2 Å². The first kappa shape index (κ1) is 11.7. The van der Waals surface area contributed by atoms with Gasteiger partial charge in [0, 0.05) is 12.8 Å². The Hall–Kier alpha value is -1.34. The molecule has 0 aliphatic carbocycles. The van der Waals surface area contributed by atoms with E-state index in [0.29, 0.717) is 6.61 Å². The maximum atomic E-state index is 11.7. The summed E-state index contributed by atoms with van der Waals surface area (Å²) in [5.41, 5.74) is -1.26. The van der Waals surface area contributed by atoms with Crippen molar-refractivity contribution in [2.24, 2.45) is 5.41 Å². The maximum absolute atomic E-state index is 11.7. The Balaban J connectivity index is 2.90. The predicted octanol–water partition coefficient (Wildman–Crippen LogP) is 0.549. The molecule has 1 saturated heterocycles. The van der Waals surface area contributed by atoms with E-state index in [1.807, 2.05) is 0 Å². The zero-order valence-corrected chi connectivity index (χ0v) is 8.75. The van der Waals surface area contributed by atoms with Crippen molar-refractivity contribution in [1.82, 2.24) is 0 Å². The highest BCUT2D eigenvalue weighted by Crippen LogP contribution is 2.30. The molecule has 0 spiro atoms. The fraction of sp³-hybridized carbons (Fsp3) is 0.636. The quantitative estimate of drug-likeness (QED) is 0.388. The van der Waals surface area contributed by atoms with Crippen LogP contribution < -0.4 is 0 Å². The van der Waals surface area contributed by atoms with Crippen LogP contribution in [-0.2, 0) is 19.1 Å². The summed E-state index contributed by atoms with van der Waals surface area (Å²) in [7, 11) is 0. The van der Waals surface area contributed by atoms with E-state index < -0.39 is 11.4 Å². The number of ether oxygens (including phenoxy) is 2. The van der Waals surface area contributed by atoms with E-state index in [9.17, 15) is 9.59 Å². The fourth-order valence-electron chi connectivity index (χ4n) is 1.57. The highest BCUT2D eigenvalue weighted by molar-refractivity contribution is 6.04. The van der Waals surface area contributed by atoms with Gasteiger partial charge in [-0.05, 0) is 6.92 Å². The summed E-state index contributed by atoms with van der Waals surface area (Å²) in [6, 6.07) is 0. The molecule has 1 unspecified atom stereocenters. The smallest absolute Gasteiger partial charge is 0.323 e. The average Bonchev–Trinajstić information content (AvgIpc) is 2.22. The van der Waals surface area contributed by atoms with E-state index in [4.69, 9.17) is 15.9 Å². The molecule has 1 heterocycles. The minimum absolute atomic E-state index is 0.0366. The van der Waals surface area contributed by atoms with Gasteiger partial charge in [-0.2, -0.15) is 0 Å². The lowest BCUT2D eigenvalue weighted by Crippen LogP contribution is -2.47. The molecule has 1 rings (SSSR count). The number of hydrogen-bond acceptors (Lipinski definition) is 4. The van der Waals surface area contributed by atoms with E-state index in [1.54, 1.807) is 6.92 Å². The van der Waals surface area contributed by atoms with Gasteiger partial charge in [-0.15, -0.1) is 12.3 Å². The minimum Gasteiger partial charge on any atom is -0.465 e. The van der Waals surface area contributed by atoms with E-state index in [-0.39, 0.29) is 31.8 Å². The Morgan fingerprint density at radius 3 is 3.00 bits per heavy atom. The first-order valence-corrected chi connectivity index (χ1v) is 4.89. The third kappa shape index (κ3) is 2.18. The van der Waals surface area contributed by atoms with Crippen LogP contribution in [0, 0.1) is 17.8 Å². The molecule has 0 bridgehead atoms. The third-order valence-electron chi connectivity index (χ3n) is 2.43. The molecule has 1 aliphatic heterocycles. The van der Waals surface area contributed by atoms with Crippen LogP contribution in [0.3, 0.4) is 0 Å². The Kier molecular flexibility index (Phi) is 3.87. The number of ketones is 1. The molecule has 0 aromatic heterocycles. The van der Waals surface area contributed by atoms with Gasteiger partial charge < -0.3 is 9.47 Å². The van der Waals surface area contributed by atoms with Crippen molar-refractivity contribution in [3.8, 4) is 12.3 Å². The fourth-order valence-corrected chi connectivity index (χ4v) is 1.57. The second-order valence-corrected chi connectivity index (χ2v) is 3.41. The largest absolute Gasteiger partial charge is 0.465 e. The number of carbonyl (C=O) groups excluding carboxylic acids is 2. The Morgan fingerprint density at radius 2 is 2.47 bits per heavy atom. The molecule has 1 fully saturated rings. The zero-order valence-electron chi connectivity index (χ0n) is 8.75. The second-order valence-electron chi connectivity index (χ2n) is 3.41. The average molecular weight is 210 g/mol.